The number of aromatic nitrogens is 4. The first-order valence-corrected chi connectivity index (χ1v) is 7.30. The quantitative estimate of drug-likeness (QED) is 0.673. The molecule has 0 bridgehead atoms. The predicted octanol–water partition coefficient (Wildman–Crippen LogP) is 2.45. The minimum atomic E-state index is -0.0464. The van der Waals surface area contributed by atoms with Crippen LogP contribution in [0.2, 0.25) is 0 Å². The first-order chi connectivity index (χ1) is 10.7. The molecule has 6 nitrogen and oxygen atoms in total. The Morgan fingerprint density at radius 2 is 2.18 bits per heavy atom. The van der Waals surface area contributed by atoms with Gasteiger partial charge in [-0.1, -0.05) is 13.8 Å². The lowest BCUT2D eigenvalue weighted by molar-refractivity contribution is 0.249. The molecule has 3 heterocycles. The SMILES string of the molecule is CC(C)[C@H](CO)Nc1ncnc2[nH]c(-c3cccnc3)cc12. The van der Waals surface area contributed by atoms with Crippen LogP contribution in [-0.4, -0.2) is 37.7 Å². The summed E-state index contributed by atoms with van der Waals surface area (Å²) >= 11 is 0. The van der Waals surface area contributed by atoms with Crippen molar-refractivity contribution in [3.8, 4) is 11.3 Å². The number of H-pyrrole nitrogens is 1. The zero-order valence-electron chi connectivity index (χ0n) is 12.6. The minimum absolute atomic E-state index is 0.0464. The number of rotatable bonds is 5. The third-order valence-electron chi connectivity index (χ3n) is 3.72. The fourth-order valence-corrected chi connectivity index (χ4v) is 2.33. The standard InChI is InChI=1S/C16H19N5O/c1-10(2)14(8-22)21-16-12-6-13(11-4-3-5-17-7-11)20-15(12)18-9-19-16/h3-7,9-10,14,22H,8H2,1-2H3,(H2,18,19,20,21)/t14-/m0/s1. The molecule has 0 unspecified atom stereocenters. The lowest BCUT2D eigenvalue weighted by Crippen LogP contribution is -2.29. The van der Waals surface area contributed by atoms with Gasteiger partial charge in [0.25, 0.3) is 0 Å². The predicted molar refractivity (Wildman–Crippen MR) is 86.5 cm³/mol. The normalized spacial score (nSPS) is 12.7. The molecule has 0 amide bonds. The molecule has 22 heavy (non-hydrogen) atoms. The molecule has 1 atom stereocenters. The summed E-state index contributed by atoms with van der Waals surface area (Å²) in [5.74, 6) is 1.02. The molecule has 0 saturated heterocycles. The van der Waals surface area contributed by atoms with Crippen molar-refractivity contribution < 1.29 is 5.11 Å². The van der Waals surface area contributed by atoms with E-state index in [2.05, 4.69) is 39.1 Å². The maximum Gasteiger partial charge on any atom is 0.143 e. The van der Waals surface area contributed by atoms with Gasteiger partial charge in [-0.15, -0.1) is 0 Å². The van der Waals surface area contributed by atoms with E-state index >= 15 is 0 Å². The van der Waals surface area contributed by atoms with Gasteiger partial charge in [0.05, 0.1) is 18.0 Å². The summed E-state index contributed by atoms with van der Waals surface area (Å²) < 4.78 is 0. The van der Waals surface area contributed by atoms with Crippen molar-refractivity contribution in [2.24, 2.45) is 5.92 Å². The number of hydrogen-bond acceptors (Lipinski definition) is 5. The molecule has 3 N–H and O–H groups in total. The molecule has 0 aliphatic rings. The van der Waals surface area contributed by atoms with Crippen LogP contribution in [0, 0.1) is 5.92 Å². The van der Waals surface area contributed by atoms with E-state index in [0.717, 1.165) is 28.1 Å². The molecule has 0 aliphatic carbocycles. The highest BCUT2D eigenvalue weighted by molar-refractivity contribution is 5.91. The Morgan fingerprint density at radius 1 is 1.32 bits per heavy atom. The first kappa shape index (κ1) is 14.5. The Kier molecular flexibility index (Phi) is 4.02. The van der Waals surface area contributed by atoms with Crippen LogP contribution in [0.5, 0.6) is 0 Å². The van der Waals surface area contributed by atoms with Crippen LogP contribution in [0.1, 0.15) is 13.8 Å². The Hall–Kier alpha value is -2.47. The monoisotopic (exact) mass is 297 g/mol. The summed E-state index contributed by atoms with van der Waals surface area (Å²) in [7, 11) is 0. The van der Waals surface area contributed by atoms with Crippen LogP contribution in [0.4, 0.5) is 5.82 Å². The van der Waals surface area contributed by atoms with E-state index in [1.165, 1.54) is 6.33 Å². The Labute approximate surface area is 128 Å². The number of aliphatic hydroxyl groups is 1. The van der Waals surface area contributed by atoms with Crippen LogP contribution >= 0.6 is 0 Å². The average Bonchev–Trinajstić information content (AvgIpc) is 2.98. The molecule has 0 aromatic carbocycles. The van der Waals surface area contributed by atoms with Crippen LogP contribution in [-0.2, 0) is 0 Å². The van der Waals surface area contributed by atoms with Gasteiger partial charge in [0.15, 0.2) is 0 Å². The van der Waals surface area contributed by atoms with E-state index in [4.69, 9.17) is 0 Å². The summed E-state index contributed by atoms with van der Waals surface area (Å²) in [4.78, 5) is 16.0. The highest BCUT2D eigenvalue weighted by Gasteiger charge is 2.15. The van der Waals surface area contributed by atoms with E-state index in [9.17, 15) is 5.11 Å². The van der Waals surface area contributed by atoms with Gasteiger partial charge in [0.1, 0.15) is 17.8 Å². The van der Waals surface area contributed by atoms with Crippen molar-refractivity contribution in [3.63, 3.8) is 0 Å². The largest absolute Gasteiger partial charge is 0.394 e. The van der Waals surface area contributed by atoms with E-state index in [1.54, 1.807) is 12.4 Å². The average molecular weight is 297 g/mol. The number of nitrogens with zero attached hydrogens (tertiary/aromatic N) is 3. The van der Waals surface area contributed by atoms with Crippen LogP contribution in [0.25, 0.3) is 22.3 Å². The van der Waals surface area contributed by atoms with E-state index < -0.39 is 0 Å². The summed E-state index contributed by atoms with van der Waals surface area (Å²) in [5, 5.41) is 13.7. The van der Waals surface area contributed by atoms with Crippen LogP contribution < -0.4 is 5.32 Å². The number of anilines is 1. The van der Waals surface area contributed by atoms with E-state index in [1.807, 2.05) is 18.2 Å². The molecule has 3 aromatic heterocycles. The molecule has 3 rings (SSSR count). The molecule has 0 saturated carbocycles. The zero-order chi connectivity index (χ0) is 15.5. The summed E-state index contributed by atoms with van der Waals surface area (Å²) in [6.45, 7) is 4.18. The third kappa shape index (κ3) is 2.78. The maximum absolute atomic E-state index is 9.49. The Morgan fingerprint density at radius 3 is 2.86 bits per heavy atom. The summed E-state index contributed by atoms with van der Waals surface area (Å²) in [5.41, 5.74) is 2.70. The number of pyridine rings is 1. The van der Waals surface area contributed by atoms with Gasteiger partial charge in [0.2, 0.25) is 0 Å². The second-order valence-electron chi connectivity index (χ2n) is 5.59. The number of aliphatic hydroxyl groups excluding tert-OH is 1. The Balaban J connectivity index is 2.00. The van der Waals surface area contributed by atoms with Crippen molar-refractivity contribution in [3.05, 3.63) is 36.9 Å². The second-order valence-corrected chi connectivity index (χ2v) is 5.59. The first-order valence-electron chi connectivity index (χ1n) is 7.30. The van der Waals surface area contributed by atoms with Crippen molar-refractivity contribution in [2.75, 3.05) is 11.9 Å². The molecule has 0 fully saturated rings. The van der Waals surface area contributed by atoms with Gasteiger partial charge in [-0.25, -0.2) is 9.97 Å². The smallest absolute Gasteiger partial charge is 0.143 e. The zero-order valence-corrected chi connectivity index (χ0v) is 12.6. The molecule has 0 aliphatic heterocycles. The van der Waals surface area contributed by atoms with Gasteiger partial charge < -0.3 is 15.4 Å². The molecule has 6 heteroatoms. The molecule has 0 radical (unpaired) electrons. The third-order valence-corrected chi connectivity index (χ3v) is 3.72. The minimum Gasteiger partial charge on any atom is -0.394 e. The van der Waals surface area contributed by atoms with Crippen molar-refractivity contribution in [1.82, 2.24) is 19.9 Å². The van der Waals surface area contributed by atoms with E-state index in [0.29, 0.717) is 5.92 Å². The van der Waals surface area contributed by atoms with Gasteiger partial charge in [-0.3, -0.25) is 4.98 Å². The number of hydrogen-bond donors (Lipinski definition) is 3. The number of aromatic amines is 1. The van der Waals surface area contributed by atoms with Gasteiger partial charge >= 0.3 is 0 Å². The molecule has 3 aromatic rings. The fourth-order valence-electron chi connectivity index (χ4n) is 2.33. The number of fused-ring (bicyclic) bond motifs is 1. The lowest BCUT2D eigenvalue weighted by atomic mass is 10.1. The van der Waals surface area contributed by atoms with Gasteiger partial charge in [-0.05, 0) is 24.1 Å². The highest BCUT2D eigenvalue weighted by atomic mass is 16.3. The number of nitrogens with one attached hydrogen (secondary N) is 2. The Bertz CT molecular complexity index is 754. The van der Waals surface area contributed by atoms with Gasteiger partial charge in [-0.2, -0.15) is 0 Å². The molecular weight excluding hydrogens is 278 g/mol. The topological polar surface area (TPSA) is 86.7 Å². The van der Waals surface area contributed by atoms with Crippen molar-refractivity contribution in [1.29, 1.82) is 0 Å². The lowest BCUT2D eigenvalue weighted by Gasteiger charge is -2.20. The molecular formula is C16H19N5O. The van der Waals surface area contributed by atoms with Crippen LogP contribution in [0.15, 0.2) is 36.9 Å². The molecule has 0 spiro atoms. The van der Waals surface area contributed by atoms with Gasteiger partial charge in [0, 0.05) is 23.7 Å². The summed E-state index contributed by atoms with van der Waals surface area (Å²) in [6, 6.07) is 5.84. The fraction of sp³-hybridized carbons (Fsp3) is 0.312. The summed E-state index contributed by atoms with van der Waals surface area (Å²) in [6.07, 6.45) is 5.06. The van der Waals surface area contributed by atoms with Crippen molar-refractivity contribution in [2.45, 2.75) is 19.9 Å². The highest BCUT2D eigenvalue weighted by Crippen LogP contribution is 2.27. The van der Waals surface area contributed by atoms with E-state index in [-0.39, 0.29) is 12.6 Å². The molecule has 114 valence electrons. The maximum atomic E-state index is 9.49. The van der Waals surface area contributed by atoms with Crippen LogP contribution in [0.3, 0.4) is 0 Å². The van der Waals surface area contributed by atoms with Crippen molar-refractivity contribution >= 4 is 16.9 Å². The second kappa shape index (κ2) is 6.11.